The number of nitrogens with zero attached hydrogens (tertiary/aromatic N) is 2. The van der Waals surface area contributed by atoms with Crippen molar-refractivity contribution >= 4 is 11.6 Å². The van der Waals surface area contributed by atoms with Crippen molar-refractivity contribution in [1.82, 2.24) is 9.88 Å². The van der Waals surface area contributed by atoms with Crippen molar-refractivity contribution in [2.45, 2.75) is 31.6 Å². The molecule has 0 unspecified atom stereocenters. The molecule has 4 rings (SSSR count). The van der Waals surface area contributed by atoms with E-state index in [4.69, 9.17) is 21.1 Å². The second-order valence-corrected chi connectivity index (χ2v) is 8.13. The van der Waals surface area contributed by atoms with Crippen LogP contribution in [0.4, 0.5) is 4.39 Å². The number of fused-ring (bicyclic) bond motifs is 1. The second-order valence-electron chi connectivity index (χ2n) is 7.69. The smallest absolute Gasteiger partial charge is 0.217 e. The fraction of sp³-hybridized carbons (Fsp3) is 0.476. The average Bonchev–Trinajstić information content (AvgIpc) is 3.03. The van der Waals surface area contributed by atoms with E-state index >= 15 is 0 Å². The number of aliphatic hydroxyl groups excluding tert-OH is 1. The van der Waals surface area contributed by atoms with Crippen molar-refractivity contribution in [2.24, 2.45) is 11.8 Å². The third kappa shape index (κ3) is 4.24. The van der Waals surface area contributed by atoms with Gasteiger partial charge in [0.1, 0.15) is 17.7 Å². The van der Waals surface area contributed by atoms with Crippen LogP contribution in [0.15, 0.2) is 36.5 Å². The number of ether oxygens (including phenoxy) is 2. The third-order valence-electron chi connectivity index (χ3n) is 5.72. The van der Waals surface area contributed by atoms with Crippen molar-refractivity contribution in [1.29, 1.82) is 0 Å². The standard InChI is InChI=1S/C21H24ClFN2O3/c1-27-21-15(5-17(23)9-24-21)12-25-10-13-6-19(26)20(7-14(13)11-25)28-18-4-2-3-16(22)8-18/h2-5,8-9,13-14,19-20,26H,6-7,10-12H2,1H3/t13-,14+,19+,20+/m0/s1. The van der Waals surface area contributed by atoms with Crippen LogP contribution in [0.5, 0.6) is 11.6 Å². The molecule has 2 heterocycles. The van der Waals surface area contributed by atoms with E-state index in [-0.39, 0.29) is 11.9 Å². The Hall–Kier alpha value is -1.89. The molecule has 1 aliphatic carbocycles. The lowest BCUT2D eigenvalue weighted by Crippen LogP contribution is -2.42. The monoisotopic (exact) mass is 406 g/mol. The van der Waals surface area contributed by atoms with Crippen LogP contribution in [0.2, 0.25) is 5.02 Å². The summed E-state index contributed by atoms with van der Waals surface area (Å²) in [6.07, 6.45) is 1.90. The van der Waals surface area contributed by atoms with Crippen LogP contribution in [0.25, 0.3) is 0 Å². The number of rotatable bonds is 5. The van der Waals surface area contributed by atoms with Crippen LogP contribution in [0.3, 0.4) is 0 Å². The topological polar surface area (TPSA) is 54.8 Å². The molecular weight excluding hydrogens is 383 g/mol. The number of hydrogen-bond acceptors (Lipinski definition) is 5. The normalized spacial score (nSPS) is 27.4. The molecule has 7 heteroatoms. The first-order valence-corrected chi connectivity index (χ1v) is 9.90. The minimum atomic E-state index is -0.509. The van der Waals surface area contributed by atoms with Gasteiger partial charge in [-0.25, -0.2) is 9.37 Å². The highest BCUT2D eigenvalue weighted by Crippen LogP contribution is 2.39. The molecule has 1 N–H and O–H groups in total. The van der Waals surface area contributed by atoms with E-state index in [0.29, 0.717) is 41.5 Å². The summed E-state index contributed by atoms with van der Waals surface area (Å²) in [6, 6.07) is 8.74. The summed E-state index contributed by atoms with van der Waals surface area (Å²) in [5.41, 5.74) is 0.744. The molecule has 0 spiro atoms. The molecule has 28 heavy (non-hydrogen) atoms. The van der Waals surface area contributed by atoms with Crippen LogP contribution in [0, 0.1) is 17.7 Å². The molecule has 0 bridgehead atoms. The minimum absolute atomic E-state index is 0.245. The zero-order chi connectivity index (χ0) is 19.7. The van der Waals surface area contributed by atoms with Crippen LogP contribution >= 0.6 is 11.6 Å². The molecule has 0 radical (unpaired) electrons. The minimum Gasteiger partial charge on any atom is -0.488 e. The van der Waals surface area contributed by atoms with E-state index in [9.17, 15) is 9.50 Å². The molecule has 150 valence electrons. The molecule has 4 atom stereocenters. The van der Waals surface area contributed by atoms with Gasteiger partial charge in [-0.2, -0.15) is 0 Å². The molecule has 2 aliphatic rings. The van der Waals surface area contributed by atoms with Crippen molar-refractivity contribution in [2.75, 3.05) is 20.2 Å². The van der Waals surface area contributed by atoms with Crippen molar-refractivity contribution in [3.8, 4) is 11.6 Å². The Morgan fingerprint density at radius 2 is 2.04 bits per heavy atom. The van der Waals surface area contributed by atoms with Crippen molar-refractivity contribution < 1.29 is 19.0 Å². The Bertz CT molecular complexity index is 837. The summed E-state index contributed by atoms with van der Waals surface area (Å²) in [7, 11) is 1.54. The molecule has 1 aliphatic heterocycles. The number of benzene rings is 1. The number of halogens is 2. The lowest BCUT2D eigenvalue weighted by atomic mass is 9.78. The number of likely N-dealkylation sites (tertiary alicyclic amines) is 1. The van der Waals surface area contributed by atoms with E-state index in [0.717, 1.165) is 25.1 Å². The maximum atomic E-state index is 13.6. The lowest BCUT2D eigenvalue weighted by molar-refractivity contribution is -0.0231. The van der Waals surface area contributed by atoms with Crippen LogP contribution in [-0.4, -0.2) is 47.4 Å². The Balaban J connectivity index is 1.41. The highest BCUT2D eigenvalue weighted by atomic mass is 35.5. The maximum absolute atomic E-state index is 13.6. The fourth-order valence-electron chi connectivity index (χ4n) is 4.46. The Kier molecular flexibility index (Phi) is 5.71. The van der Waals surface area contributed by atoms with Crippen LogP contribution in [0.1, 0.15) is 18.4 Å². The van der Waals surface area contributed by atoms with Gasteiger partial charge in [0, 0.05) is 30.2 Å². The van der Waals surface area contributed by atoms with Gasteiger partial charge in [0.05, 0.1) is 19.4 Å². The number of pyridine rings is 1. The van der Waals surface area contributed by atoms with E-state index in [1.165, 1.54) is 12.3 Å². The molecule has 0 amide bonds. The van der Waals surface area contributed by atoms with E-state index < -0.39 is 6.10 Å². The molecular formula is C21H24ClFN2O3. The maximum Gasteiger partial charge on any atom is 0.217 e. The van der Waals surface area contributed by atoms with Gasteiger partial charge < -0.3 is 14.6 Å². The Labute approximate surface area is 169 Å². The molecule has 2 aromatic rings. The number of aromatic nitrogens is 1. The Morgan fingerprint density at radius 3 is 2.79 bits per heavy atom. The van der Waals surface area contributed by atoms with Crippen molar-refractivity contribution in [3.63, 3.8) is 0 Å². The average molecular weight is 407 g/mol. The largest absolute Gasteiger partial charge is 0.488 e. The van der Waals surface area contributed by atoms with Gasteiger partial charge in [-0.3, -0.25) is 4.90 Å². The van der Waals surface area contributed by atoms with Gasteiger partial charge in [-0.05, 0) is 48.9 Å². The van der Waals surface area contributed by atoms with Gasteiger partial charge in [0.15, 0.2) is 0 Å². The van der Waals surface area contributed by atoms with E-state index in [2.05, 4.69) is 9.88 Å². The molecule has 1 saturated heterocycles. The Morgan fingerprint density at radius 1 is 1.25 bits per heavy atom. The number of aliphatic hydroxyl groups is 1. The van der Waals surface area contributed by atoms with E-state index in [1.54, 1.807) is 19.2 Å². The molecule has 5 nitrogen and oxygen atoms in total. The molecule has 1 aromatic carbocycles. The highest BCUT2D eigenvalue weighted by molar-refractivity contribution is 6.30. The predicted octanol–water partition coefficient (Wildman–Crippen LogP) is 3.53. The van der Waals surface area contributed by atoms with Gasteiger partial charge in [0.2, 0.25) is 5.88 Å². The highest BCUT2D eigenvalue weighted by Gasteiger charge is 2.42. The predicted molar refractivity (Wildman–Crippen MR) is 104 cm³/mol. The molecule has 1 aromatic heterocycles. The summed E-state index contributed by atoms with van der Waals surface area (Å²) in [5, 5.41) is 11.2. The quantitative estimate of drug-likeness (QED) is 0.823. The van der Waals surface area contributed by atoms with Gasteiger partial charge in [0.25, 0.3) is 0 Å². The summed E-state index contributed by atoms with van der Waals surface area (Å²) < 4.78 is 24.9. The van der Waals surface area contributed by atoms with Crippen LogP contribution < -0.4 is 9.47 Å². The summed E-state index contributed by atoms with van der Waals surface area (Å²) in [6.45, 7) is 2.33. The van der Waals surface area contributed by atoms with Crippen LogP contribution in [-0.2, 0) is 6.54 Å². The first-order chi connectivity index (χ1) is 13.5. The number of methoxy groups -OCH3 is 1. The van der Waals surface area contributed by atoms with Crippen molar-refractivity contribution in [3.05, 3.63) is 52.9 Å². The zero-order valence-corrected chi connectivity index (χ0v) is 16.5. The SMILES string of the molecule is COc1ncc(F)cc1CN1C[C@H]2C[C@@H](Oc3cccc(Cl)c3)[C@H](O)C[C@H]2C1. The number of hydrogen-bond donors (Lipinski definition) is 1. The van der Waals surface area contributed by atoms with Gasteiger partial charge in [-0.15, -0.1) is 0 Å². The summed E-state index contributed by atoms with van der Waals surface area (Å²) in [4.78, 5) is 6.29. The second kappa shape index (κ2) is 8.23. The first-order valence-electron chi connectivity index (χ1n) is 9.53. The zero-order valence-electron chi connectivity index (χ0n) is 15.7. The fourth-order valence-corrected chi connectivity index (χ4v) is 4.65. The first kappa shape index (κ1) is 19.4. The molecule has 2 fully saturated rings. The van der Waals surface area contributed by atoms with Gasteiger partial charge in [-0.1, -0.05) is 17.7 Å². The lowest BCUT2D eigenvalue weighted by Gasteiger charge is -2.35. The van der Waals surface area contributed by atoms with E-state index in [1.807, 2.05) is 12.1 Å². The van der Waals surface area contributed by atoms with Gasteiger partial charge >= 0.3 is 0 Å². The summed E-state index contributed by atoms with van der Waals surface area (Å²) >= 11 is 6.03. The molecule has 1 saturated carbocycles. The summed E-state index contributed by atoms with van der Waals surface area (Å²) in [5.74, 6) is 1.61. The third-order valence-corrected chi connectivity index (χ3v) is 5.96.